The van der Waals surface area contributed by atoms with Gasteiger partial charge in [0.1, 0.15) is 11.6 Å². The van der Waals surface area contributed by atoms with Gasteiger partial charge in [0.25, 0.3) is 5.91 Å². The Hall–Kier alpha value is -4.17. The second-order valence-electron chi connectivity index (χ2n) is 10.2. The van der Waals surface area contributed by atoms with Crippen LogP contribution in [0.2, 0.25) is 0 Å². The van der Waals surface area contributed by atoms with Gasteiger partial charge < -0.3 is 24.1 Å². The Morgan fingerprint density at radius 3 is 2.71 bits per heavy atom. The highest BCUT2D eigenvalue weighted by Gasteiger charge is 2.31. The molecule has 3 heterocycles. The van der Waals surface area contributed by atoms with Crippen LogP contribution in [0, 0.1) is 11.3 Å². The first kappa shape index (κ1) is 26.9. The van der Waals surface area contributed by atoms with Crippen LogP contribution in [0.5, 0.6) is 0 Å². The summed E-state index contributed by atoms with van der Waals surface area (Å²) in [5.74, 6) is -0.898. The molecule has 200 valence electrons. The number of carbonyl (C=O) groups excluding carboxylic acids is 2. The van der Waals surface area contributed by atoms with E-state index in [0.29, 0.717) is 36.4 Å². The van der Waals surface area contributed by atoms with E-state index in [1.807, 2.05) is 18.2 Å². The highest BCUT2D eigenvalue weighted by molar-refractivity contribution is 5.82. The predicted molar refractivity (Wildman–Crippen MR) is 138 cm³/mol. The molecule has 0 spiro atoms. The number of rotatable bonds is 5. The number of ether oxygens (including phenoxy) is 2. The molecule has 11 nitrogen and oxygen atoms in total. The molecular weight excluding hydrogens is 490 g/mol. The number of carbonyl (C=O) groups is 2. The van der Waals surface area contributed by atoms with E-state index in [1.165, 1.54) is 9.47 Å². The first-order valence-corrected chi connectivity index (χ1v) is 12.4. The highest BCUT2D eigenvalue weighted by Crippen LogP contribution is 2.23. The Kier molecular flexibility index (Phi) is 7.83. The number of amides is 2. The maximum Gasteiger partial charge on any atom is 0.419 e. The Morgan fingerprint density at radius 2 is 2.03 bits per heavy atom. The zero-order valence-electron chi connectivity index (χ0n) is 21.9. The van der Waals surface area contributed by atoms with Gasteiger partial charge in [-0.05, 0) is 51.0 Å². The summed E-state index contributed by atoms with van der Waals surface area (Å²) in [7, 11) is 1.64. The maximum absolute atomic E-state index is 12.9. The molecule has 1 unspecified atom stereocenters. The molecule has 2 amide bonds. The monoisotopic (exact) mass is 521 g/mol. The van der Waals surface area contributed by atoms with Crippen LogP contribution in [-0.2, 0) is 27.7 Å². The van der Waals surface area contributed by atoms with Crippen molar-refractivity contribution in [3.05, 3.63) is 52.8 Å². The summed E-state index contributed by atoms with van der Waals surface area (Å²) < 4.78 is 17.7. The zero-order valence-corrected chi connectivity index (χ0v) is 21.9. The first-order valence-electron chi connectivity index (χ1n) is 12.4. The minimum Gasteiger partial charge on any atom is -0.444 e. The van der Waals surface area contributed by atoms with Gasteiger partial charge in [0, 0.05) is 44.1 Å². The van der Waals surface area contributed by atoms with Crippen LogP contribution in [0.4, 0.5) is 4.79 Å². The largest absolute Gasteiger partial charge is 0.444 e. The van der Waals surface area contributed by atoms with Gasteiger partial charge in [-0.3, -0.25) is 14.3 Å². The fourth-order valence-corrected chi connectivity index (χ4v) is 4.10. The minimum absolute atomic E-state index is 0.0401. The van der Waals surface area contributed by atoms with Gasteiger partial charge >= 0.3 is 11.8 Å². The van der Waals surface area contributed by atoms with Gasteiger partial charge in [0.05, 0.1) is 18.1 Å². The third kappa shape index (κ3) is 6.39. The molecule has 1 N–H and O–H groups in total. The number of oxazole rings is 1. The van der Waals surface area contributed by atoms with Crippen molar-refractivity contribution in [3.8, 4) is 17.2 Å². The molecule has 4 rings (SSSR count). The number of aromatic nitrogens is 2. The summed E-state index contributed by atoms with van der Waals surface area (Å²) in [5, 5.41) is 12.4. The van der Waals surface area contributed by atoms with Crippen LogP contribution in [0.15, 0.2) is 45.7 Å². The number of hydrogen-bond donors (Lipinski definition) is 1. The molecule has 2 aromatic heterocycles. The van der Waals surface area contributed by atoms with Crippen molar-refractivity contribution in [2.75, 3.05) is 19.7 Å². The Balaban J connectivity index is 1.39. The Bertz CT molecular complexity index is 1410. The number of aryl methyl sites for hydroxylation is 1. The number of fused-ring (bicyclic) bond motifs is 1. The summed E-state index contributed by atoms with van der Waals surface area (Å²) >= 11 is 0. The minimum atomic E-state index is -0.912. The van der Waals surface area contributed by atoms with Crippen molar-refractivity contribution < 1.29 is 23.5 Å². The molecule has 1 aliphatic heterocycles. The van der Waals surface area contributed by atoms with Crippen LogP contribution < -0.4 is 11.1 Å². The molecule has 0 aliphatic carbocycles. The van der Waals surface area contributed by atoms with E-state index in [9.17, 15) is 19.6 Å². The molecule has 1 aliphatic rings. The second kappa shape index (κ2) is 11.1. The lowest BCUT2D eigenvalue weighted by Gasteiger charge is -2.27. The van der Waals surface area contributed by atoms with Crippen LogP contribution in [-0.4, -0.2) is 63.9 Å². The lowest BCUT2D eigenvalue weighted by atomic mass is 10.1. The van der Waals surface area contributed by atoms with Gasteiger partial charge in [0.2, 0.25) is 0 Å². The van der Waals surface area contributed by atoms with E-state index in [0.717, 1.165) is 11.1 Å². The summed E-state index contributed by atoms with van der Waals surface area (Å²) in [5.41, 5.74) is 2.84. The summed E-state index contributed by atoms with van der Waals surface area (Å²) in [6.45, 7) is 6.12. The maximum atomic E-state index is 12.9. The van der Waals surface area contributed by atoms with Gasteiger partial charge in [0.15, 0.2) is 11.7 Å². The highest BCUT2D eigenvalue weighted by atomic mass is 16.6. The number of nitrogens with one attached hydrogen (secondary N) is 1. The molecule has 3 aromatic rings. The number of pyridine rings is 1. The van der Waals surface area contributed by atoms with E-state index in [-0.39, 0.29) is 13.0 Å². The van der Waals surface area contributed by atoms with E-state index in [1.54, 1.807) is 46.1 Å². The first-order chi connectivity index (χ1) is 18.0. The van der Waals surface area contributed by atoms with Crippen molar-refractivity contribution in [1.29, 1.82) is 5.26 Å². The van der Waals surface area contributed by atoms with Gasteiger partial charge in [-0.15, -0.1) is 0 Å². The quantitative estimate of drug-likeness (QED) is 0.541. The Morgan fingerprint density at radius 1 is 1.26 bits per heavy atom. The standard InChI is InChI=1S/C27H31N5O6/c1-27(2,3)38-26(35)32-10-5-11-36-23(16-32)24(33)30-20(14-28)13-19-8-6-18(15-29-19)17-7-9-22-21(12-17)31(4)25(34)37-22/h6-9,12,15,20,23H,5,10-11,13,16H2,1-4H3,(H,30,33)/t20?,23-/m0/s1. The predicted octanol–water partition coefficient (Wildman–Crippen LogP) is 2.77. The average molecular weight is 522 g/mol. The lowest BCUT2D eigenvalue weighted by molar-refractivity contribution is -0.133. The van der Waals surface area contributed by atoms with Crippen LogP contribution >= 0.6 is 0 Å². The topological polar surface area (TPSA) is 140 Å². The van der Waals surface area contributed by atoms with Crippen LogP contribution in [0.3, 0.4) is 0 Å². The third-order valence-corrected chi connectivity index (χ3v) is 6.06. The molecule has 1 saturated heterocycles. The van der Waals surface area contributed by atoms with E-state index < -0.39 is 35.5 Å². The van der Waals surface area contributed by atoms with Gasteiger partial charge in [-0.1, -0.05) is 12.1 Å². The van der Waals surface area contributed by atoms with Crippen molar-refractivity contribution in [1.82, 2.24) is 19.8 Å². The number of nitriles is 1. The molecule has 1 aromatic carbocycles. The van der Waals surface area contributed by atoms with Gasteiger partial charge in [-0.25, -0.2) is 9.59 Å². The number of benzene rings is 1. The lowest BCUT2D eigenvalue weighted by Crippen LogP contribution is -2.48. The van der Waals surface area contributed by atoms with Crippen molar-refractivity contribution in [3.63, 3.8) is 0 Å². The SMILES string of the molecule is Cn1c(=O)oc2ccc(-c3ccc(CC(C#N)NC(=O)[C@@H]4CN(C(=O)OC(C)(C)C)CCCO4)nc3)cc21. The number of nitrogens with zero attached hydrogens (tertiary/aromatic N) is 4. The normalized spacial score (nSPS) is 16.9. The zero-order chi connectivity index (χ0) is 27.4. The summed E-state index contributed by atoms with van der Waals surface area (Å²) in [4.78, 5) is 43.1. The number of hydrogen-bond acceptors (Lipinski definition) is 8. The van der Waals surface area contributed by atoms with Crippen molar-refractivity contribution in [2.45, 2.75) is 51.4 Å². The summed E-state index contributed by atoms with van der Waals surface area (Å²) in [6.07, 6.45) is 1.03. The fraction of sp³-hybridized carbons (Fsp3) is 0.444. The molecule has 0 saturated carbocycles. The fourth-order valence-electron chi connectivity index (χ4n) is 4.10. The molecule has 38 heavy (non-hydrogen) atoms. The van der Waals surface area contributed by atoms with E-state index in [4.69, 9.17) is 13.9 Å². The Labute approximate surface area is 219 Å². The van der Waals surface area contributed by atoms with Crippen LogP contribution in [0.1, 0.15) is 32.9 Å². The molecule has 0 bridgehead atoms. The molecular formula is C27H31N5O6. The van der Waals surface area contributed by atoms with Crippen LogP contribution in [0.25, 0.3) is 22.2 Å². The second-order valence-corrected chi connectivity index (χ2v) is 10.2. The van der Waals surface area contributed by atoms with E-state index >= 15 is 0 Å². The molecule has 11 heteroatoms. The van der Waals surface area contributed by atoms with Crippen molar-refractivity contribution in [2.24, 2.45) is 7.05 Å². The molecule has 1 fully saturated rings. The van der Waals surface area contributed by atoms with Crippen molar-refractivity contribution >= 4 is 23.1 Å². The van der Waals surface area contributed by atoms with E-state index in [2.05, 4.69) is 16.4 Å². The average Bonchev–Trinajstić information content (AvgIpc) is 3.03. The third-order valence-electron chi connectivity index (χ3n) is 6.06. The van der Waals surface area contributed by atoms with Gasteiger partial charge in [-0.2, -0.15) is 5.26 Å². The molecule has 2 atom stereocenters. The molecule has 0 radical (unpaired) electrons. The summed E-state index contributed by atoms with van der Waals surface area (Å²) in [6, 6.07) is 10.3. The smallest absolute Gasteiger partial charge is 0.419 e.